The number of amides is 2. The summed E-state index contributed by atoms with van der Waals surface area (Å²) in [4.78, 5) is 31.6. The summed E-state index contributed by atoms with van der Waals surface area (Å²) in [6, 6.07) is 4.64. The number of anilines is 1. The van der Waals surface area contributed by atoms with Crippen LogP contribution in [0, 0.1) is 13.8 Å². The first-order chi connectivity index (χ1) is 15.8. The Morgan fingerprint density at radius 3 is 2.73 bits per heavy atom. The van der Waals surface area contributed by atoms with Crippen LogP contribution in [0.5, 0.6) is 0 Å². The molecule has 0 saturated heterocycles. The quantitative estimate of drug-likeness (QED) is 0.416. The number of aromatic nitrogens is 1. The van der Waals surface area contributed by atoms with Gasteiger partial charge in [0.15, 0.2) is 0 Å². The van der Waals surface area contributed by atoms with Crippen LogP contribution in [-0.4, -0.2) is 46.1 Å². The lowest BCUT2D eigenvalue weighted by Crippen LogP contribution is -2.34. The van der Waals surface area contributed by atoms with Crippen LogP contribution in [-0.2, 0) is 17.8 Å². The topological polar surface area (TPSA) is 94.6 Å². The maximum Gasteiger partial charge on any atom is 0.407 e. The highest BCUT2D eigenvalue weighted by Crippen LogP contribution is 2.46. The van der Waals surface area contributed by atoms with E-state index in [1.165, 1.54) is 27.4 Å². The zero-order valence-electron chi connectivity index (χ0n) is 19.4. The number of aryl methyl sites for hydroxylation is 2. The van der Waals surface area contributed by atoms with Gasteiger partial charge in [0.2, 0.25) is 5.91 Å². The van der Waals surface area contributed by atoms with Crippen LogP contribution in [0.25, 0.3) is 20.8 Å². The number of thiophene rings is 1. The van der Waals surface area contributed by atoms with Crippen molar-refractivity contribution in [3.05, 3.63) is 33.7 Å². The predicted molar refractivity (Wildman–Crippen MR) is 136 cm³/mol. The minimum atomic E-state index is -0.914. The standard InChI is InChI=1S/C24H30N4O3S2/c1-5-15(4)25-8-6-20(29)27-23-21(16-7-9-28(24(30)31)12-19(16)33-23)22-26-17-10-13(2)14(3)11-18(17)32-22/h10-11,15,25H,5-9,12H2,1-4H3,(H,27,29)(H,30,31). The number of carboxylic acid groups (broad SMARTS) is 1. The minimum Gasteiger partial charge on any atom is -0.465 e. The fourth-order valence-corrected chi connectivity index (χ4v) is 6.40. The van der Waals surface area contributed by atoms with Crippen LogP contribution in [0.3, 0.4) is 0 Å². The van der Waals surface area contributed by atoms with Crippen LogP contribution in [0.4, 0.5) is 9.80 Å². The third kappa shape index (κ3) is 5.05. The van der Waals surface area contributed by atoms with Crippen molar-refractivity contribution >= 4 is 49.9 Å². The average molecular weight is 487 g/mol. The fourth-order valence-electron chi connectivity index (χ4n) is 3.93. The Balaban J connectivity index is 1.67. The minimum absolute atomic E-state index is 0.0476. The molecular weight excluding hydrogens is 456 g/mol. The van der Waals surface area contributed by atoms with Gasteiger partial charge in [0.25, 0.3) is 0 Å². The summed E-state index contributed by atoms with van der Waals surface area (Å²) >= 11 is 3.10. The number of nitrogens with one attached hydrogen (secondary N) is 2. The van der Waals surface area contributed by atoms with E-state index in [0.717, 1.165) is 42.7 Å². The van der Waals surface area contributed by atoms with Crippen molar-refractivity contribution in [2.75, 3.05) is 18.4 Å². The third-order valence-electron chi connectivity index (χ3n) is 6.26. The molecule has 0 aliphatic carbocycles. The Bertz CT molecular complexity index is 1160. The van der Waals surface area contributed by atoms with E-state index in [-0.39, 0.29) is 5.91 Å². The first-order valence-corrected chi connectivity index (χ1v) is 12.9. The van der Waals surface area contributed by atoms with Gasteiger partial charge in [0.05, 0.1) is 16.8 Å². The predicted octanol–water partition coefficient (Wildman–Crippen LogP) is 5.39. The summed E-state index contributed by atoms with van der Waals surface area (Å²) in [6.07, 6.45) is 1.10. The maximum atomic E-state index is 12.7. The van der Waals surface area contributed by atoms with Crippen molar-refractivity contribution in [2.24, 2.45) is 0 Å². The first kappa shape index (κ1) is 23.7. The van der Waals surface area contributed by atoms with Crippen molar-refractivity contribution in [3.63, 3.8) is 0 Å². The zero-order valence-corrected chi connectivity index (χ0v) is 21.1. The number of carbonyl (C=O) groups excluding carboxylic acids is 1. The van der Waals surface area contributed by atoms with Gasteiger partial charge in [-0.1, -0.05) is 6.92 Å². The smallest absolute Gasteiger partial charge is 0.407 e. The van der Waals surface area contributed by atoms with Crippen molar-refractivity contribution in [2.45, 2.75) is 59.5 Å². The van der Waals surface area contributed by atoms with Gasteiger partial charge >= 0.3 is 6.09 Å². The lowest BCUT2D eigenvalue weighted by atomic mass is 10.0. The van der Waals surface area contributed by atoms with E-state index in [2.05, 4.69) is 50.5 Å². The van der Waals surface area contributed by atoms with Crippen molar-refractivity contribution in [3.8, 4) is 10.6 Å². The molecule has 3 heterocycles. The molecule has 1 atom stereocenters. The second kappa shape index (κ2) is 9.79. The summed E-state index contributed by atoms with van der Waals surface area (Å²) in [5.74, 6) is -0.0476. The Labute approximate surface area is 201 Å². The zero-order chi connectivity index (χ0) is 23.7. The number of hydrogen-bond donors (Lipinski definition) is 3. The first-order valence-electron chi connectivity index (χ1n) is 11.3. The molecule has 33 heavy (non-hydrogen) atoms. The van der Waals surface area contributed by atoms with Gasteiger partial charge in [-0.25, -0.2) is 9.78 Å². The molecule has 3 aromatic rings. The molecule has 176 valence electrons. The average Bonchev–Trinajstić information content (AvgIpc) is 3.33. The van der Waals surface area contributed by atoms with Crippen LogP contribution >= 0.6 is 22.7 Å². The number of hydrogen-bond acceptors (Lipinski definition) is 6. The lowest BCUT2D eigenvalue weighted by Gasteiger charge is -2.24. The molecule has 0 bridgehead atoms. The van der Waals surface area contributed by atoms with Gasteiger partial charge in [-0.2, -0.15) is 0 Å². The second-order valence-electron chi connectivity index (χ2n) is 8.65. The SMILES string of the molecule is CCC(C)NCCC(=O)Nc1sc2c(c1-c1nc3cc(C)c(C)cc3s1)CCN(C(=O)O)C2. The summed E-state index contributed by atoms with van der Waals surface area (Å²) in [5, 5.41) is 17.6. The molecule has 1 aliphatic heterocycles. The number of thiazole rings is 1. The third-order valence-corrected chi connectivity index (χ3v) is 8.42. The van der Waals surface area contributed by atoms with Gasteiger partial charge in [-0.3, -0.25) is 4.79 Å². The highest BCUT2D eigenvalue weighted by molar-refractivity contribution is 7.23. The Morgan fingerprint density at radius 1 is 1.24 bits per heavy atom. The van der Waals surface area contributed by atoms with E-state index in [4.69, 9.17) is 4.98 Å². The molecule has 0 radical (unpaired) electrons. The van der Waals surface area contributed by atoms with Crippen LogP contribution in [0.1, 0.15) is 48.3 Å². The number of rotatable bonds is 7. The normalized spacial score (nSPS) is 14.4. The molecule has 4 rings (SSSR count). The summed E-state index contributed by atoms with van der Waals surface area (Å²) in [7, 11) is 0. The highest BCUT2D eigenvalue weighted by Gasteiger charge is 2.29. The van der Waals surface area contributed by atoms with Gasteiger partial charge in [0.1, 0.15) is 10.0 Å². The molecule has 2 aromatic heterocycles. The molecule has 0 saturated carbocycles. The van der Waals surface area contributed by atoms with Crippen molar-refractivity contribution in [1.29, 1.82) is 0 Å². The van der Waals surface area contributed by atoms with Crippen molar-refractivity contribution in [1.82, 2.24) is 15.2 Å². The maximum absolute atomic E-state index is 12.7. The largest absolute Gasteiger partial charge is 0.465 e. The van der Waals surface area contributed by atoms with Gasteiger partial charge in [0, 0.05) is 36.0 Å². The van der Waals surface area contributed by atoms with E-state index in [1.54, 1.807) is 11.3 Å². The molecule has 9 heteroatoms. The summed E-state index contributed by atoms with van der Waals surface area (Å²) in [5.41, 5.74) is 5.45. The molecule has 0 fully saturated rings. The fraction of sp³-hybridized carbons (Fsp3) is 0.458. The monoisotopic (exact) mass is 486 g/mol. The number of benzene rings is 1. The van der Waals surface area contributed by atoms with Crippen molar-refractivity contribution < 1.29 is 14.7 Å². The van der Waals surface area contributed by atoms with E-state index >= 15 is 0 Å². The van der Waals surface area contributed by atoms with Crippen LogP contribution < -0.4 is 10.6 Å². The second-order valence-corrected chi connectivity index (χ2v) is 10.8. The molecule has 2 amide bonds. The summed E-state index contributed by atoms with van der Waals surface area (Å²) in [6.45, 7) is 9.81. The van der Waals surface area contributed by atoms with E-state index in [9.17, 15) is 14.7 Å². The number of carbonyl (C=O) groups is 2. The number of fused-ring (bicyclic) bond motifs is 2. The molecule has 3 N–H and O–H groups in total. The van der Waals surface area contributed by atoms with Gasteiger partial charge in [-0.05, 0) is 62.4 Å². The molecule has 0 spiro atoms. The van der Waals surface area contributed by atoms with E-state index in [1.807, 2.05) is 0 Å². The van der Waals surface area contributed by atoms with E-state index < -0.39 is 6.09 Å². The van der Waals surface area contributed by atoms with Gasteiger partial charge in [-0.15, -0.1) is 22.7 Å². The lowest BCUT2D eigenvalue weighted by molar-refractivity contribution is -0.116. The van der Waals surface area contributed by atoms with E-state index in [0.29, 0.717) is 38.5 Å². The summed E-state index contributed by atoms with van der Waals surface area (Å²) < 4.78 is 1.12. The van der Waals surface area contributed by atoms with Gasteiger partial charge < -0.3 is 20.6 Å². The van der Waals surface area contributed by atoms with Crippen LogP contribution in [0.15, 0.2) is 12.1 Å². The Morgan fingerprint density at radius 2 is 2.00 bits per heavy atom. The molecule has 1 aromatic carbocycles. The Hall–Kier alpha value is -2.49. The molecule has 1 aliphatic rings. The highest BCUT2D eigenvalue weighted by atomic mass is 32.1. The molecule has 7 nitrogen and oxygen atoms in total. The Kier molecular flexibility index (Phi) is 7.02. The molecule has 1 unspecified atom stereocenters. The number of nitrogens with zero attached hydrogens (tertiary/aromatic N) is 2. The van der Waals surface area contributed by atoms with Crippen LogP contribution in [0.2, 0.25) is 0 Å². The molecular formula is C24H30N4O3S2.